The second-order valence-corrected chi connectivity index (χ2v) is 11.8. The lowest BCUT2D eigenvalue weighted by Crippen LogP contribution is -1.92. The predicted octanol–water partition coefficient (Wildman–Crippen LogP) is 13.7. The molecule has 0 atom stereocenters. The van der Waals surface area contributed by atoms with Crippen LogP contribution in [-0.2, 0) is 0 Å². The van der Waals surface area contributed by atoms with Crippen LogP contribution in [0.3, 0.4) is 0 Å². The molecule has 0 unspecified atom stereocenters. The summed E-state index contributed by atoms with van der Waals surface area (Å²) in [5.74, 6) is 0. The van der Waals surface area contributed by atoms with Gasteiger partial charge in [-0.2, -0.15) is 0 Å². The van der Waals surface area contributed by atoms with Gasteiger partial charge in [0.2, 0.25) is 0 Å². The van der Waals surface area contributed by atoms with Gasteiger partial charge in [0.25, 0.3) is 0 Å². The first-order chi connectivity index (χ1) is 29.7. The highest BCUT2D eigenvalue weighted by molar-refractivity contribution is 6.24. The Morgan fingerprint density at radius 2 is 0.918 bits per heavy atom. The maximum absolute atomic E-state index is 9.38. The molecular formula is C48H30O. The summed E-state index contributed by atoms with van der Waals surface area (Å²) >= 11 is 0. The van der Waals surface area contributed by atoms with Crippen molar-refractivity contribution < 1.29 is 22.2 Å². The van der Waals surface area contributed by atoms with Crippen molar-refractivity contribution in [3.8, 4) is 44.5 Å². The molecule has 10 aromatic rings. The van der Waals surface area contributed by atoms with E-state index in [9.17, 15) is 5.48 Å². The van der Waals surface area contributed by atoms with Gasteiger partial charge in [0.1, 0.15) is 11.2 Å². The van der Waals surface area contributed by atoms with Crippen LogP contribution in [0.25, 0.3) is 98.8 Å². The molecule has 0 aliphatic rings. The van der Waals surface area contributed by atoms with Gasteiger partial charge in [-0.3, -0.25) is 0 Å². The van der Waals surface area contributed by atoms with Crippen LogP contribution in [0, 0.1) is 0 Å². The van der Waals surface area contributed by atoms with Crippen molar-refractivity contribution in [3.63, 3.8) is 0 Å². The number of furan rings is 1. The molecule has 49 heavy (non-hydrogen) atoms. The van der Waals surface area contributed by atoms with Crippen molar-refractivity contribution in [1.29, 1.82) is 0 Å². The van der Waals surface area contributed by atoms with Crippen molar-refractivity contribution in [2.75, 3.05) is 0 Å². The molecule has 0 aliphatic carbocycles. The van der Waals surface area contributed by atoms with Gasteiger partial charge in [0, 0.05) is 10.8 Å². The molecule has 0 saturated carbocycles. The van der Waals surface area contributed by atoms with E-state index in [4.69, 9.17) is 16.8 Å². The molecule has 228 valence electrons. The maximum atomic E-state index is 9.38. The summed E-state index contributed by atoms with van der Waals surface area (Å²) in [7, 11) is 0. The molecule has 1 heteroatoms. The van der Waals surface area contributed by atoms with Gasteiger partial charge < -0.3 is 4.42 Å². The Labute approximate surface area is 302 Å². The standard InChI is InChI=1S/C48H30O/c1-3-13-31(14-4-1)33-23-25-38-44-29-34(24-28-45(44)49-46(38)30-33)35-26-27-43(37-18-8-7-17-36(35)37)48-41-21-11-9-19-39(41)47(32-15-5-2-6-16-32)40-20-10-12-22-42(40)48/h1-30H/i2D,5D,6D,9D,10D,11D,12D,15D,16D,19D,20D,21D,22D. The average molecular weight is 636 g/mol. The number of fused-ring (bicyclic) bond motifs is 6. The number of rotatable bonds is 4. The molecule has 1 heterocycles. The molecule has 1 nitrogen and oxygen atoms in total. The molecule has 1 aromatic heterocycles. The SMILES string of the molecule is [2H]c1c([2H])c([2H])c(-c2c3c([2H])c([2H])c([2H])c([2H])c3c(-c3ccc(-c4ccc5oc6cc(-c7ccccc7)ccc6c5c4)c4ccccc34)c3c([2H])c([2H])c([2H])c([2H])c23)c([2H])c1[2H]. The van der Waals surface area contributed by atoms with Crippen LogP contribution in [0.2, 0.25) is 0 Å². The summed E-state index contributed by atoms with van der Waals surface area (Å²) < 4.78 is 122. The summed E-state index contributed by atoms with van der Waals surface area (Å²) in [5, 5.41) is 2.42. The molecule has 0 amide bonds. The lowest BCUT2D eigenvalue weighted by molar-refractivity contribution is 0.669. The van der Waals surface area contributed by atoms with Crippen LogP contribution in [0.4, 0.5) is 0 Å². The van der Waals surface area contributed by atoms with Crippen molar-refractivity contribution in [3.05, 3.63) is 182 Å². The third-order valence-corrected chi connectivity index (χ3v) is 9.21. The fourth-order valence-electron chi connectivity index (χ4n) is 7.04. The predicted molar refractivity (Wildman–Crippen MR) is 208 cm³/mol. The molecule has 10 rings (SSSR count). The van der Waals surface area contributed by atoms with Gasteiger partial charge in [0.15, 0.2) is 0 Å². The Morgan fingerprint density at radius 1 is 0.327 bits per heavy atom. The van der Waals surface area contributed by atoms with E-state index in [1.807, 2.05) is 84.9 Å². The molecule has 0 bridgehead atoms. The van der Waals surface area contributed by atoms with Crippen LogP contribution in [0.15, 0.2) is 186 Å². The van der Waals surface area contributed by atoms with E-state index < -0.39 is 84.1 Å². The topological polar surface area (TPSA) is 13.1 Å². The first-order valence-electron chi connectivity index (χ1n) is 22.3. The smallest absolute Gasteiger partial charge is 0.136 e. The quantitative estimate of drug-likeness (QED) is 0.175. The minimum Gasteiger partial charge on any atom is -0.456 e. The summed E-state index contributed by atoms with van der Waals surface area (Å²) in [5.41, 5.74) is 4.91. The molecule has 0 N–H and O–H groups in total. The van der Waals surface area contributed by atoms with Crippen molar-refractivity contribution in [2.45, 2.75) is 0 Å². The van der Waals surface area contributed by atoms with Crippen LogP contribution < -0.4 is 0 Å². The summed E-state index contributed by atoms with van der Waals surface area (Å²) in [4.78, 5) is 0. The molecule has 0 aliphatic heterocycles. The Kier molecular flexibility index (Phi) is 3.99. The van der Waals surface area contributed by atoms with Crippen LogP contribution in [0.1, 0.15) is 17.8 Å². The highest BCUT2D eigenvalue weighted by atomic mass is 16.3. The lowest BCUT2D eigenvalue weighted by atomic mass is 9.84. The summed E-state index contributed by atoms with van der Waals surface area (Å²) in [6.45, 7) is 0. The van der Waals surface area contributed by atoms with Gasteiger partial charge >= 0.3 is 0 Å². The third-order valence-electron chi connectivity index (χ3n) is 9.21. The van der Waals surface area contributed by atoms with E-state index in [0.717, 1.165) is 44.0 Å². The first-order valence-corrected chi connectivity index (χ1v) is 15.8. The van der Waals surface area contributed by atoms with Crippen LogP contribution in [-0.4, -0.2) is 0 Å². The van der Waals surface area contributed by atoms with Gasteiger partial charge in [-0.1, -0.05) is 157 Å². The summed E-state index contributed by atoms with van der Waals surface area (Å²) in [6, 6.07) is 24.8. The van der Waals surface area contributed by atoms with E-state index in [1.165, 1.54) is 0 Å². The highest BCUT2D eigenvalue weighted by Crippen LogP contribution is 2.46. The fourth-order valence-corrected chi connectivity index (χ4v) is 7.04. The Bertz CT molecular complexity index is 3510. The first kappa shape index (κ1) is 17.6. The van der Waals surface area contributed by atoms with Gasteiger partial charge in [-0.05, 0) is 101 Å². The zero-order chi connectivity index (χ0) is 43.6. The molecule has 9 aromatic carbocycles. The molecule has 0 fully saturated rings. The van der Waals surface area contributed by atoms with E-state index in [1.54, 1.807) is 6.07 Å². The van der Waals surface area contributed by atoms with Gasteiger partial charge in [-0.25, -0.2) is 0 Å². The number of hydrogen-bond acceptors (Lipinski definition) is 1. The van der Waals surface area contributed by atoms with E-state index >= 15 is 0 Å². The van der Waals surface area contributed by atoms with Crippen LogP contribution >= 0.6 is 0 Å². The monoisotopic (exact) mass is 635 g/mol. The summed E-state index contributed by atoms with van der Waals surface area (Å²) in [6.07, 6.45) is 0. The van der Waals surface area contributed by atoms with E-state index in [2.05, 4.69) is 12.1 Å². The Balaban J connectivity index is 1.31. The minimum absolute atomic E-state index is 0.0818. The Hall–Kier alpha value is -6.44. The zero-order valence-corrected chi connectivity index (χ0v) is 25.7. The second kappa shape index (κ2) is 11.1. The van der Waals surface area contributed by atoms with Gasteiger partial charge in [-0.15, -0.1) is 0 Å². The second-order valence-electron chi connectivity index (χ2n) is 11.8. The van der Waals surface area contributed by atoms with Crippen LogP contribution in [0.5, 0.6) is 0 Å². The molecule has 0 saturated heterocycles. The number of hydrogen-bond donors (Lipinski definition) is 0. The Morgan fingerprint density at radius 3 is 1.63 bits per heavy atom. The lowest BCUT2D eigenvalue weighted by Gasteiger charge is -2.19. The van der Waals surface area contributed by atoms with Crippen molar-refractivity contribution in [2.24, 2.45) is 0 Å². The third kappa shape index (κ3) is 4.40. The molecule has 0 spiro atoms. The normalized spacial score (nSPS) is 15.4. The average Bonchev–Trinajstić information content (AvgIpc) is 3.66. The van der Waals surface area contributed by atoms with Gasteiger partial charge in [0.05, 0.1) is 17.8 Å². The largest absolute Gasteiger partial charge is 0.456 e. The van der Waals surface area contributed by atoms with Crippen molar-refractivity contribution >= 4 is 54.3 Å². The van der Waals surface area contributed by atoms with E-state index in [0.29, 0.717) is 16.5 Å². The highest BCUT2D eigenvalue weighted by Gasteiger charge is 2.19. The number of benzene rings is 9. The van der Waals surface area contributed by atoms with E-state index in [-0.39, 0.29) is 32.7 Å². The maximum Gasteiger partial charge on any atom is 0.136 e. The zero-order valence-electron chi connectivity index (χ0n) is 38.7. The molecule has 0 radical (unpaired) electrons. The van der Waals surface area contributed by atoms with Crippen molar-refractivity contribution in [1.82, 2.24) is 0 Å². The fraction of sp³-hybridized carbons (Fsp3) is 0. The minimum atomic E-state index is -0.715. The molecular weight excluding hydrogens is 593 g/mol.